The Labute approximate surface area is 153 Å². The fraction of sp³-hybridized carbons (Fsp3) is 0.350. The van der Waals surface area contributed by atoms with Crippen LogP contribution in [0.2, 0.25) is 0 Å². The van der Waals surface area contributed by atoms with Crippen molar-refractivity contribution in [3.05, 3.63) is 60.3 Å². The van der Waals surface area contributed by atoms with E-state index in [1.165, 1.54) is 5.56 Å². The molecule has 6 nitrogen and oxygen atoms in total. The molecule has 1 amide bonds. The second-order valence-corrected chi connectivity index (χ2v) is 7.59. The van der Waals surface area contributed by atoms with Crippen molar-refractivity contribution in [2.45, 2.75) is 40.3 Å². The largest absolute Gasteiger partial charge is 0.355 e. The standard InChI is InChI=1S/C20H24N4O2/c1-14-5-7-15(8-6-14)17-11-16(23-26-17)19(25)22-18(20(2,3)4)12-24-10-9-21-13-24/h5-11,13,18H,12H2,1-4H3,(H,22,25)/t18-/m0/s1. The highest BCUT2D eigenvalue weighted by molar-refractivity contribution is 5.93. The molecule has 6 heteroatoms. The molecule has 3 rings (SSSR count). The summed E-state index contributed by atoms with van der Waals surface area (Å²) in [4.78, 5) is 16.7. The SMILES string of the molecule is Cc1ccc(-c2cc(C(=O)N[C@@H](Cn3ccnc3)C(C)(C)C)no2)cc1. The number of carbonyl (C=O) groups excluding carboxylic acids is 1. The molecule has 26 heavy (non-hydrogen) atoms. The van der Waals surface area contributed by atoms with Gasteiger partial charge in [0, 0.05) is 30.6 Å². The highest BCUT2D eigenvalue weighted by atomic mass is 16.5. The predicted octanol–water partition coefficient (Wildman–Crippen LogP) is 3.69. The molecule has 0 saturated heterocycles. The van der Waals surface area contributed by atoms with Crippen LogP contribution in [0.1, 0.15) is 36.8 Å². The molecule has 1 atom stereocenters. The lowest BCUT2D eigenvalue weighted by Gasteiger charge is -2.31. The molecule has 0 aliphatic heterocycles. The summed E-state index contributed by atoms with van der Waals surface area (Å²) in [6.45, 7) is 8.94. The number of aryl methyl sites for hydroxylation is 1. The van der Waals surface area contributed by atoms with Gasteiger partial charge in [0.2, 0.25) is 0 Å². The molecule has 0 bridgehead atoms. The van der Waals surface area contributed by atoms with E-state index in [0.717, 1.165) is 5.56 Å². The summed E-state index contributed by atoms with van der Waals surface area (Å²) in [5, 5.41) is 7.02. The normalized spacial score (nSPS) is 12.8. The smallest absolute Gasteiger partial charge is 0.273 e. The molecule has 2 heterocycles. The number of rotatable bonds is 5. The van der Waals surface area contributed by atoms with Crippen molar-refractivity contribution in [1.29, 1.82) is 0 Å². The van der Waals surface area contributed by atoms with Crippen molar-refractivity contribution in [3.8, 4) is 11.3 Å². The first-order chi connectivity index (χ1) is 12.3. The Morgan fingerprint density at radius 3 is 2.62 bits per heavy atom. The van der Waals surface area contributed by atoms with Crippen molar-refractivity contribution in [3.63, 3.8) is 0 Å². The van der Waals surface area contributed by atoms with E-state index in [0.29, 0.717) is 12.3 Å². The van der Waals surface area contributed by atoms with Crippen LogP contribution < -0.4 is 5.32 Å². The van der Waals surface area contributed by atoms with E-state index >= 15 is 0 Å². The number of hydrogen-bond acceptors (Lipinski definition) is 4. The van der Waals surface area contributed by atoms with Crippen LogP contribution >= 0.6 is 0 Å². The minimum atomic E-state index is -0.243. The van der Waals surface area contributed by atoms with Gasteiger partial charge in [-0.3, -0.25) is 4.79 Å². The quantitative estimate of drug-likeness (QED) is 0.760. The van der Waals surface area contributed by atoms with Crippen LogP contribution in [-0.4, -0.2) is 26.7 Å². The van der Waals surface area contributed by atoms with Gasteiger partial charge in [-0.05, 0) is 12.3 Å². The number of benzene rings is 1. The molecule has 136 valence electrons. The summed E-state index contributed by atoms with van der Waals surface area (Å²) in [7, 11) is 0. The van der Waals surface area contributed by atoms with Gasteiger partial charge in [0.15, 0.2) is 11.5 Å². The van der Waals surface area contributed by atoms with Crippen LogP contribution in [0.25, 0.3) is 11.3 Å². The number of imidazole rings is 1. The summed E-state index contributed by atoms with van der Waals surface area (Å²) in [5.41, 5.74) is 2.22. The maximum atomic E-state index is 12.7. The molecule has 0 radical (unpaired) electrons. The highest BCUT2D eigenvalue weighted by Crippen LogP contribution is 2.23. The van der Waals surface area contributed by atoms with Gasteiger partial charge in [-0.25, -0.2) is 4.98 Å². The van der Waals surface area contributed by atoms with E-state index in [1.54, 1.807) is 18.6 Å². The Bertz CT molecular complexity index is 858. The lowest BCUT2D eigenvalue weighted by atomic mass is 9.86. The molecule has 0 aliphatic rings. The zero-order valence-corrected chi connectivity index (χ0v) is 15.6. The average Bonchev–Trinajstić information content (AvgIpc) is 3.25. The third kappa shape index (κ3) is 4.20. The van der Waals surface area contributed by atoms with E-state index in [4.69, 9.17) is 4.52 Å². The number of carbonyl (C=O) groups is 1. The molecule has 0 unspecified atom stereocenters. The van der Waals surface area contributed by atoms with Gasteiger partial charge in [-0.2, -0.15) is 0 Å². The second kappa shape index (κ2) is 7.15. The van der Waals surface area contributed by atoms with Gasteiger partial charge >= 0.3 is 0 Å². The van der Waals surface area contributed by atoms with E-state index in [-0.39, 0.29) is 23.1 Å². The summed E-state index contributed by atoms with van der Waals surface area (Å²) in [6.07, 6.45) is 5.36. The molecule has 2 aromatic heterocycles. The molecule has 0 spiro atoms. The first-order valence-corrected chi connectivity index (χ1v) is 8.63. The van der Waals surface area contributed by atoms with E-state index in [9.17, 15) is 4.79 Å². The summed E-state index contributed by atoms with van der Waals surface area (Å²) < 4.78 is 7.31. The van der Waals surface area contributed by atoms with Crippen molar-refractivity contribution in [2.75, 3.05) is 0 Å². The lowest BCUT2D eigenvalue weighted by Crippen LogP contribution is -2.46. The van der Waals surface area contributed by atoms with E-state index in [2.05, 4.69) is 36.2 Å². The Hall–Kier alpha value is -2.89. The summed E-state index contributed by atoms with van der Waals surface area (Å²) >= 11 is 0. The molecule has 1 N–H and O–H groups in total. The van der Waals surface area contributed by atoms with Crippen molar-refractivity contribution < 1.29 is 9.32 Å². The predicted molar refractivity (Wildman–Crippen MR) is 99.6 cm³/mol. The molecule has 3 aromatic rings. The second-order valence-electron chi connectivity index (χ2n) is 7.59. The number of nitrogens with zero attached hydrogens (tertiary/aromatic N) is 3. The lowest BCUT2D eigenvalue weighted by molar-refractivity contribution is 0.0883. The number of amides is 1. The minimum Gasteiger partial charge on any atom is -0.355 e. The van der Waals surface area contributed by atoms with Crippen molar-refractivity contribution in [1.82, 2.24) is 20.0 Å². The first-order valence-electron chi connectivity index (χ1n) is 8.63. The maximum absolute atomic E-state index is 12.7. The van der Waals surface area contributed by atoms with Gasteiger partial charge in [0.05, 0.1) is 12.4 Å². The first kappa shape index (κ1) is 17.9. The molecular weight excluding hydrogens is 328 g/mol. The fourth-order valence-electron chi connectivity index (χ4n) is 2.61. The minimum absolute atomic E-state index is 0.0799. The average molecular weight is 352 g/mol. The van der Waals surface area contributed by atoms with Crippen molar-refractivity contribution in [2.24, 2.45) is 5.41 Å². The van der Waals surface area contributed by atoms with Crippen molar-refractivity contribution >= 4 is 5.91 Å². The van der Waals surface area contributed by atoms with Gasteiger partial charge < -0.3 is 14.4 Å². The van der Waals surface area contributed by atoms with Crippen LogP contribution in [0.5, 0.6) is 0 Å². The summed E-state index contributed by atoms with van der Waals surface area (Å²) in [6, 6.07) is 9.50. The number of aromatic nitrogens is 3. The topological polar surface area (TPSA) is 73.0 Å². The monoisotopic (exact) mass is 352 g/mol. The molecule has 0 fully saturated rings. The Morgan fingerprint density at radius 1 is 1.27 bits per heavy atom. The fourth-order valence-corrected chi connectivity index (χ4v) is 2.61. The zero-order chi connectivity index (χ0) is 18.7. The van der Waals surface area contributed by atoms with Crippen LogP contribution in [0, 0.1) is 12.3 Å². The van der Waals surface area contributed by atoms with Gasteiger partial charge in [-0.1, -0.05) is 55.8 Å². The number of hydrogen-bond donors (Lipinski definition) is 1. The Balaban J connectivity index is 1.74. The highest BCUT2D eigenvalue weighted by Gasteiger charge is 2.28. The molecule has 0 saturated carbocycles. The van der Waals surface area contributed by atoms with Crippen LogP contribution in [0.4, 0.5) is 0 Å². The van der Waals surface area contributed by atoms with Crippen LogP contribution in [0.15, 0.2) is 53.6 Å². The van der Waals surface area contributed by atoms with Gasteiger partial charge in [0.1, 0.15) is 0 Å². The van der Waals surface area contributed by atoms with E-state index in [1.807, 2.05) is 42.0 Å². The number of nitrogens with one attached hydrogen (secondary N) is 1. The Morgan fingerprint density at radius 2 is 2.00 bits per heavy atom. The van der Waals surface area contributed by atoms with E-state index < -0.39 is 0 Å². The van der Waals surface area contributed by atoms with Crippen LogP contribution in [0.3, 0.4) is 0 Å². The van der Waals surface area contributed by atoms with Crippen LogP contribution in [-0.2, 0) is 6.54 Å². The molecule has 0 aliphatic carbocycles. The summed E-state index contributed by atoms with van der Waals surface area (Å²) in [5.74, 6) is 0.337. The zero-order valence-electron chi connectivity index (χ0n) is 15.6. The maximum Gasteiger partial charge on any atom is 0.273 e. The third-order valence-electron chi connectivity index (χ3n) is 4.38. The molecule has 1 aromatic carbocycles. The van der Waals surface area contributed by atoms with Gasteiger partial charge in [-0.15, -0.1) is 0 Å². The Kier molecular flexibility index (Phi) is 4.93. The third-order valence-corrected chi connectivity index (χ3v) is 4.38. The van der Waals surface area contributed by atoms with Gasteiger partial charge in [0.25, 0.3) is 5.91 Å². The molecular formula is C20H24N4O2.